The van der Waals surface area contributed by atoms with Crippen LogP contribution in [0.3, 0.4) is 0 Å². The van der Waals surface area contributed by atoms with E-state index < -0.39 is 5.97 Å². The second kappa shape index (κ2) is 4.58. The first-order valence-electron chi connectivity index (χ1n) is 2.45. The van der Waals surface area contributed by atoms with Crippen LogP contribution < -0.4 is 0 Å². The van der Waals surface area contributed by atoms with E-state index >= 15 is 0 Å². The lowest BCUT2D eigenvalue weighted by Crippen LogP contribution is -2.32. The summed E-state index contributed by atoms with van der Waals surface area (Å²) in [7, 11) is 3.47. The molecule has 1 atom stereocenters. The summed E-state index contributed by atoms with van der Waals surface area (Å²) < 4.78 is 0. The van der Waals surface area contributed by atoms with Crippen LogP contribution in [0.1, 0.15) is 6.92 Å². The largest absolute Gasteiger partial charge is 0.480 e. The zero-order chi connectivity index (χ0) is 6.73. The van der Waals surface area contributed by atoms with Crippen molar-refractivity contribution in [1.29, 1.82) is 0 Å². The standard InChI is InChI=1S/C5H11NO2.ClH/c1-4(5(7)8)6(2)3;/h4H,1-3H3,(H,7,8);1H. The SMILES string of the molecule is CC(C(=O)O)N(C)C.Cl. The molecule has 3 nitrogen and oxygen atoms in total. The predicted octanol–water partition coefficient (Wildman–Crippen LogP) is 0.443. The summed E-state index contributed by atoms with van der Waals surface area (Å²) >= 11 is 0. The Bertz CT molecular complexity index is 95.0. The van der Waals surface area contributed by atoms with Crippen LogP contribution >= 0.6 is 12.4 Å². The van der Waals surface area contributed by atoms with Crippen LogP contribution in [0.5, 0.6) is 0 Å². The average molecular weight is 154 g/mol. The molecule has 0 aliphatic heterocycles. The molecule has 1 unspecified atom stereocenters. The number of hydrogen-bond donors (Lipinski definition) is 1. The van der Waals surface area contributed by atoms with Crippen LogP contribution in [0.15, 0.2) is 0 Å². The van der Waals surface area contributed by atoms with Crippen molar-refractivity contribution in [3.05, 3.63) is 0 Å². The van der Waals surface area contributed by atoms with Gasteiger partial charge in [0.2, 0.25) is 0 Å². The van der Waals surface area contributed by atoms with E-state index in [1.54, 1.807) is 25.9 Å². The Morgan fingerprint density at radius 1 is 1.56 bits per heavy atom. The third-order valence-corrected chi connectivity index (χ3v) is 1.13. The quantitative estimate of drug-likeness (QED) is 0.626. The summed E-state index contributed by atoms with van der Waals surface area (Å²) in [6.45, 7) is 1.64. The van der Waals surface area contributed by atoms with Gasteiger partial charge in [0.25, 0.3) is 0 Å². The number of likely N-dealkylation sites (N-methyl/N-ethyl adjacent to an activating group) is 1. The first-order chi connectivity index (χ1) is 3.55. The Balaban J connectivity index is 0. The number of nitrogens with zero attached hydrogens (tertiary/aromatic N) is 1. The first kappa shape index (κ1) is 11.5. The van der Waals surface area contributed by atoms with Crippen molar-refractivity contribution < 1.29 is 9.90 Å². The van der Waals surface area contributed by atoms with E-state index in [-0.39, 0.29) is 18.4 Å². The molecule has 1 N–H and O–H groups in total. The van der Waals surface area contributed by atoms with Gasteiger partial charge in [-0.25, -0.2) is 0 Å². The molecule has 9 heavy (non-hydrogen) atoms. The zero-order valence-corrected chi connectivity index (χ0v) is 6.60. The molecule has 0 aliphatic rings. The second-order valence-electron chi connectivity index (χ2n) is 1.98. The maximum Gasteiger partial charge on any atom is 0.320 e. The van der Waals surface area contributed by atoms with Crippen molar-refractivity contribution in [2.75, 3.05) is 14.1 Å². The van der Waals surface area contributed by atoms with E-state index in [1.807, 2.05) is 0 Å². The fourth-order valence-electron chi connectivity index (χ4n) is 0.221. The summed E-state index contributed by atoms with van der Waals surface area (Å²) in [4.78, 5) is 11.7. The summed E-state index contributed by atoms with van der Waals surface area (Å²) in [6, 6.07) is -0.380. The molecule has 0 heterocycles. The van der Waals surface area contributed by atoms with Crippen molar-refractivity contribution in [2.45, 2.75) is 13.0 Å². The van der Waals surface area contributed by atoms with Gasteiger partial charge in [-0.2, -0.15) is 0 Å². The lowest BCUT2D eigenvalue weighted by Gasteiger charge is -2.13. The van der Waals surface area contributed by atoms with E-state index in [1.165, 1.54) is 0 Å². The van der Waals surface area contributed by atoms with Gasteiger partial charge in [-0.1, -0.05) is 0 Å². The number of rotatable bonds is 2. The number of carbonyl (C=O) groups is 1. The molecule has 0 aliphatic carbocycles. The van der Waals surface area contributed by atoms with Gasteiger partial charge < -0.3 is 5.11 Å². The van der Waals surface area contributed by atoms with E-state index in [0.29, 0.717) is 0 Å². The van der Waals surface area contributed by atoms with Gasteiger partial charge in [-0.05, 0) is 21.0 Å². The number of aliphatic carboxylic acids is 1. The molecule has 0 spiro atoms. The third kappa shape index (κ3) is 4.24. The van der Waals surface area contributed by atoms with Gasteiger partial charge in [0.15, 0.2) is 0 Å². The lowest BCUT2D eigenvalue weighted by molar-refractivity contribution is -0.141. The van der Waals surface area contributed by atoms with Crippen molar-refractivity contribution in [2.24, 2.45) is 0 Å². The maximum absolute atomic E-state index is 10.1. The predicted molar refractivity (Wildman–Crippen MR) is 38.0 cm³/mol. The highest BCUT2D eigenvalue weighted by atomic mass is 35.5. The summed E-state index contributed by atoms with van der Waals surface area (Å²) in [5.74, 6) is -0.782. The number of carboxylic acid groups (broad SMARTS) is 1. The molecule has 0 bridgehead atoms. The zero-order valence-electron chi connectivity index (χ0n) is 5.79. The van der Waals surface area contributed by atoms with Crippen LogP contribution in [0.25, 0.3) is 0 Å². The second-order valence-corrected chi connectivity index (χ2v) is 1.98. The van der Waals surface area contributed by atoms with Gasteiger partial charge in [0, 0.05) is 0 Å². The fourth-order valence-corrected chi connectivity index (χ4v) is 0.221. The van der Waals surface area contributed by atoms with Gasteiger partial charge in [0.1, 0.15) is 6.04 Å². The molecule has 0 aromatic carbocycles. The van der Waals surface area contributed by atoms with Gasteiger partial charge in [-0.15, -0.1) is 12.4 Å². The Kier molecular flexibility index (Phi) is 5.86. The van der Waals surface area contributed by atoms with Gasteiger partial charge in [-0.3, -0.25) is 9.69 Å². The van der Waals surface area contributed by atoms with E-state index in [0.717, 1.165) is 0 Å². The fraction of sp³-hybridized carbons (Fsp3) is 0.800. The van der Waals surface area contributed by atoms with E-state index in [4.69, 9.17) is 5.11 Å². The summed E-state index contributed by atoms with van der Waals surface area (Å²) in [5, 5.41) is 8.31. The monoisotopic (exact) mass is 153 g/mol. The molecule has 56 valence electrons. The molecule has 0 aromatic rings. The number of carboxylic acids is 1. The lowest BCUT2D eigenvalue weighted by atomic mass is 10.3. The van der Waals surface area contributed by atoms with Gasteiger partial charge in [0.05, 0.1) is 0 Å². The molecule has 0 radical (unpaired) electrons. The summed E-state index contributed by atoms with van der Waals surface area (Å²) in [5.41, 5.74) is 0. The molecular weight excluding hydrogens is 142 g/mol. The highest BCUT2D eigenvalue weighted by Gasteiger charge is 2.11. The first-order valence-corrected chi connectivity index (χ1v) is 2.45. The Labute approximate surface area is 61.1 Å². The molecule has 0 saturated carbocycles. The van der Waals surface area contributed by atoms with Crippen molar-refractivity contribution in [3.8, 4) is 0 Å². The third-order valence-electron chi connectivity index (χ3n) is 1.13. The number of hydrogen-bond acceptors (Lipinski definition) is 2. The molecule has 0 amide bonds. The smallest absolute Gasteiger partial charge is 0.320 e. The molecule has 0 rings (SSSR count). The normalized spacial score (nSPS) is 12.4. The minimum atomic E-state index is -0.782. The highest BCUT2D eigenvalue weighted by molar-refractivity contribution is 5.85. The van der Waals surface area contributed by atoms with Gasteiger partial charge >= 0.3 is 5.97 Å². The molecule has 0 aromatic heterocycles. The van der Waals surface area contributed by atoms with Crippen LogP contribution in [0, 0.1) is 0 Å². The molecule has 4 heteroatoms. The van der Waals surface area contributed by atoms with Crippen LogP contribution in [0.4, 0.5) is 0 Å². The Hall–Kier alpha value is -0.280. The Morgan fingerprint density at radius 2 is 1.89 bits per heavy atom. The minimum Gasteiger partial charge on any atom is -0.480 e. The molecular formula is C5H12ClNO2. The van der Waals surface area contributed by atoms with Crippen molar-refractivity contribution in [1.82, 2.24) is 4.90 Å². The topological polar surface area (TPSA) is 40.5 Å². The maximum atomic E-state index is 10.1. The van der Waals surface area contributed by atoms with E-state index in [2.05, 4.69) is 0 Å². The van der Waals surface area contributed by atoms with Crippen LogP contribution in [-0.2, 0) is 4.79 Å². The number of halogens is 1. The Morgan fingerprint density at radius 3 is 1.89 bits per heavy atom. The van der Waals surface area contributed by atoms with Crippen LogP contribution in [-0.4, -0.2) is 36.1 Å². The van der Waals surface area contributed by atoms with E-state index in [9.17, 15) is 4.79 Å². The van der Waals surface area contributed by atoms with Crippen molar-refractivity contribution in [3.63, 3.8) is 0 Å². The van der Waals surface area contributed by atoms with Crippen LogP contribution in [0.2, 0.25) is 0 Å². The minimum absolute atomic E-state index is 0. The molecule has 0 saturated heterocycles. The van der Waals surface area contributed by atoms with Crippen molar-refractivity contribution >= 4 is 18.4 Å². The molecule has 0 fully saturated rings. The highest BCUT2D eigenvalue weighted by Crippen LogP contribution is 1.88. The average Bonchev–Trinajstić information content (AvgIpc) is 1.64. The summed E-state index contributed by atoms with van der Waals surface area (Å²) in [6.07, 6.45) is 0.